The number of hydrogen-bond acceptors (Lipinski definition) is 3. The number of nitrogens with one attached hydrogen (secondary N) is 2. The molecule has 4 rings (SSSR count). The van der Waals surface area contributed by atoms with E-state index in [-0.39, 0.29) is 16.5 Å². The van der Waals surface area contributed by atoms with Crippen LogP contribution < -0.4 is 5.32 Å². The van der Waals surface area contributed by atoms with Gasteiger partial charge in [0, 0.05) is 17.1 Å². The van der Waals surface area contributed by atoms with E-state index in [9.17, 15) is 9.18 Å². The molecule has 2 heterocycles. The second-order valence-electron chi connectivity index (χ2n) is 7.29. The SMILES string of the molecule is O=C(NCC1CCN(Cc2nc3ccccc3[nH]2)CC1)c1cc(F)cc(Cl)c1. The van der Waals surface area contributed by atoms with Crippen molar-refractivity contribution in [2.24, 2.45) is 5.92 Å². The number of fused-ring (bicyclic) bond motifs is 1. The van der Waals surface area contributed by atoms with Crippen LogP contribution in [0, 0.1) is 11.7 Å². The van der Waals surface area contributed by atoms with Gasteiger partial charge < -0.3 is 10.3 Å². The lowest BCUT2D eigenvalue weighted by molar-refractivity contribution is 0.0934. The summed E-state index contributed by atoms with van der Waals surface area (Å²) in [5.41, 5.74) is 2.31. The van der Waals surface area contributed by atoms with Crippen LogP contribution in [0.3, 0.4) is 0 Å². The van der Waals surface area contributed by atoms with E-state index in [2.05, 4.69) is 20.2 Å². The lowest BCUT2D eigenvalue weighted by atomic mass is 9.96. The van der Waals surface area contributed by atoms with Crippen molar-refractivity contribution in [3.8, 4) is 0 Å². The van der Waals surface area contributed by atoms with Gasteiger partial charge in [-0.25, -0.2) is 9.37 Å². The van der Waals surface area contributed by atoms with E-state index in [0.29, 0.717) is 12.5 Å². The molecular weight excluding hydrogens is 379 g/mol. The van der Waals surface area contributed by atoms with E-state index in [0.717, 1.165) is 49.3 Å². The van der Waals surface area contributed by atoms with Gasteiger partial charge in [-0.2, -0.15) is 0 Å². The monoisotopic (exact) mass is 400 g/mol. The van der Waals surface area contributed by atoms with Gasteiger partial charge in [-0.05, 0) is 62.2 Å². The van der Waals surface area contributed by atoms with Crippen LogP contribution in [0.25, 0.3) is 11.0 Å². The quantitative estimate of drug-likeness (QED) is 0.680. The number of carbonyl (C=O) groups is 1. The largest absolute Gasteiger partial charge is 0.352 e. The van der Waals surface area contributed by atoms with Crippen molar-refractivity contribution in [3.63, 3.8) is 0 Å². The maximum absolute atomic E-state index is 13.4. The summed E-state index contributed by atoms with van der Waals surface area (Å²) in [7, 11) is 0. The number of H-pyrrole nitrogens is 1. The maximum Gasteiger partial charge on any atom is 0.251 e. The Bertz CT molecular complexity index is 928. The summed E-state index contributed by atoms with van der Waals surface area (Å²) in [6.45, 7) is 3.31. The van der Waals surface area contributed by atoms with Crippen LogP contribution in [-0.4, -0.2) is 40.4 Å². The van der Waals surface area contributed by atoms with Crippen LogP contribution in [-0.2, 0) is 6.54 Å². The fraction of sp³-hybridized carbons (Fsp3) is 0.333. The first kappa shape index (κ1) is 18.9. The molecule has 0 saturated carbocycles. The Morgan fingerprint density at radius 1 is 1.25 bits per heavy atom. The molecule has 5 nitrogen and oxygen atoms in total. The number of hydrogen-bond donors (Lipinski definition) is 2. The van der Waals surface area contributed by atoms with Crippen molar-refractivity contribution in [1.29, 1.82) is 0 Å². The second kappa shape index (κ2) is 8.29. The molecule has 2 aromatic carbocycles. The normalized spacial score (nSPS) is 15.8. The minimum Gasteiger partial charge on any atom is -0.352 e. The van der Waals surface area contributed by atoms with Crippen molar-refractivity contribution >= 4 is 28.5 Å². The molecule has 2 N–H and O–H groups in total. The van der Waals surface area contributed by atoms with Crippen molar-refractivity contribution in [3.05, 3.63) is 64.7 Å². The van der Waals surface area contributed by atoms with Gasteiger partial charge >= 0.3 is 0 Å². The maximum atomic E-state index is 13.4. The minimum atomic E-state index is -0.503. The van der Waals surface area contributed by atoms with Gasteiger partial charge in [0.05, 0.1) is 17.6 Å². The van der Waals surface area contributed by atoms with Crippen molar-refractivity contribution < 1.29 is 9.18 Å². The highest BCUT2D eigenvalue weighted by Crippen LogP contribution is 2.20. The predicted octanol–water partition coefficient (Wildman–Crippen LogP) is 4.00. The zero-order chi connectivity index (χ0) is 19.5. The number of likely N-dealkylation sites (tertiary alicyclic amines) is 1. The number of benzene rings is 2. The lowest BCUT2D eigenvalue weighted by Gasteiger charge is -2.31. The zero-order valence-electron chi connectivity index (χ0n) is 15.4. The predicted molar refractivity (Wildman–Crippen MR) is 108 cm³/mol. The van der Waals surface area contributed by atoms with Gasteiger partial charge in [-0.3, -0.25) is 9.69 Å². The molecule has 1 amide bonds. The Hall–Kier alpha value is -2.44. The van der Waals surface area contributed by atoms with Crippen LogP contribution in [0.5, 0.6) is 0 Å². The second-order valence-corrected chi connectivity index (χ2v) is 7.72. The van der Waals surface area contributed by atoms with E-state index >= 15 is 0 Å². The number of para-hydroxylation sites is 2. The third-order valence-corrected chi connectivity index (χ3v) is 5.41. The molecule has 0 atom stereocenters. The number of aromatic amines is 1. The van der Waals surface area contributed by atoms with Gasteiger partial charge in [-0.1, -0.05) is 23.7 Å². The van der Waals surface area contributed by atoms with E-state index < -0.39 is 5.82 Å². The van der Waals surface area contributed by atoms with Gasteiger partial charge in [0.25, 0.3) is 5.91 Å². The summed E-state index contributed by atoms with van der Waals surface area (Å²) in [5, 5.41) is 3.13. The van der Waals surface area contributed by atoms with Crippen LogP contribution >= 0.6 is 11.6 Å². The van der Waals surface area contributed by atoms with Crippen molar-refractivity contribution in [2.45, 2.75) is 19.4 Å². The third kappa shape index (κ3) is 4.51. The Morgan fingerprint density at radius 2 is 2.04 bits per heavy atom. The molecule has 0 bridgehead atoms. The molecule has 0 radical (unpaired) electrons. The first-order valence-corrected chi connectivity index (χ1v) is 9.85. The van der Waals surface area contributed by atoms with Crippen molar-refractivity contribution in [1.82, 2.24) is 20.2 Å². The molecule has 0 unspecified atom stereocenters. The summed E-state index contributed by atoms with van der Waals surface area (Å²) < 4.78 is 13.4. The highest BCUT2D eigenvalue weighted by molar-refractivity contribution is 6.31. The number of carbonyl (C=O) groups excluding carboxylic acids is 1. The Labute approximate surface area is 167 Å². The molecule has 0 aliphatic carbocycles. The van der Waals surface area contributed by atoms with Crippen LogP contribution in [0.1, 0.15) is 29.0 Å². The molecule has 0 spiro atoms. The third-order valence-electron chi connectivity index (χ3n) is 5.19. The van der Waals surface area contributed by atoms with E-state index in [1.165, 1.54) is 18.2 Å². The summed E-state index contributed by atoms with van der Waals surface area (Å²) in [5.74, 6) is 0.610. The van der Waals surface area contributed by atoms with E-state index in [1.807, 2.05) is 24.3 Å². The molecule has 1 aliphatic heterocycles. The number of amides is 1. The Morgan fingerprint density at radius 3 is 2.79 bits per heavy atom. The fourth-order valence-electron chi connectivity index (χ4n) is 3.67. The fourth-order valence-corrected chi connectivity index (χ4v) is 3.89. The standard InChI is InChI=1S/C21H22ClFN4O/c22-16-9-15(10-17(23)11-16)21(28)24-12-14-5-7-27(8-6-14)13-20-25-18-3-1-2-4-19(18)26-20/h1-4,9-11,14H,5-8,12-13H2,(H,24,28)(H,25,26). The van der Waals surface area contributed by atoms with Gasteiger partial charge in [0.15, 0.2) is 0 Å². The van der Waals surface area contributed by atoms with Gasteiger partial charge in [0.1, 0.15) is 11.6 Å². The highest BCUT2D eigenvalue weighted by Gasteiger charge is 2.21. The topological polar surface area (TPSA) is 61.0 Å². The van der Waals surface area contributed by atoms with Crippen LogP contribution in [0.4, 0.5) is 4.39 Å². The molecular formula is C21H22ClFN4O. The lowest BCUT2D eigenvalue weighted by Crippen LogP contribution is -2.38. The first-order valence-electron chi connectivity index (χ1n) is 9.47. The highest BCUT2D eigenvalue weighted by atomic mass is 35.5. The average Bonchev–Trinajstić information content (AvgIpc) is 3.08. The summed E-state index contributed by atoms with van der Waals surface area (Å²) >= 11 is 5.82. The van der Waals surface area contributed by atoms with Gasteiger partial charge in [0.2, 0.25) is 0 Å². The molecule has 1 aliphatic rings. The summed E-state index contributed by atoms with van der Waals surface area (Å²) in [6.07, 6.45) is 2.01. The number of nitrogens with zero attached hydrogens (tertiary/aromatic N) is 2. The molecule has 146 valence electrons. The first-order chi connectivity index (χ1) is 13.6. The zero-order valence-corrected chi connectivity index (χ0v) is 16.2. The number of rotatable bonds is 5. The number of imidazole rings is 1. The van der Waals surface area contributed by atoms with Gasteiger partial charge in [-0.15, -0.1) is 0 Å². The van der Waals surface area contributed by atoms with Crippen LogP contribution in [0.15, 0.2) is 42.5 Å². The van der Waals surface area contributed by atoms with E-state index in [4.69, 9.17) is 11.6 Å². The van der Waals surface area contributed by atoms with E-state index in [1.54, 1.807) is 0 Å². The van der Waals surface area contributed by atoms with Crippen molar-refractivity contribution in [2.75, 3.05) is 19.6 Å². The Kier molecular flexibility index (Phi) is 5.59. The molecule has 1 aromatic heterocycles. The molecule has 1 fully saturated rings. The smallest absolute Gasteiger partial charge is 0.251 e. The number of piperidine rings is 1. The summed E-state index contributed by atoms with van der Waals surface area (Å²) in [6, 6.07) is 11.9. The average molecular weight is 401 g/mol. The summed E-state index contributed by atoms with van der Waals surface area (Å²) in [4.78, 5) is 22.6. The minimum absolute atomic E-state index is 0.226. The number of halogens is 2. The number of aromatic nitrogens is 2. The van der Waals surface area contributed by atoms with Crippen LogP contribution in [0.2, 0.25) is 5.02 Å². The molecule has 3 aromatic rings. The molecule has 7 heteroatoms. The Balaban J connectivity index is 1.25. The molecule has 28 heavy (non-hydrogen) atoms. The molecule has 1 saturated heterocycles.